The number of carboxylic acid groups (broad SMARTS) is 1. The monoisotopic (exact) mass is 295 g/mol. The van der Waals surface area contributed by atoms with Crippen molar-refractivity contribution in [2.24, 2.45) is 5.41 Å². The van der Waals surface area contributed by atoms with Crippen molar-refractivity contribution in [3.8, 4) is 0 Å². The molecule has 2 aromatic carbocycles. The fourth-order valence-corrected chi connectivity index (χ4v) is 3.50. The first-order valence-electron chi connectivity index (χ1n) is 7.65. The maximum Gasteiger partial charge on any atom is 0.335 e. The molecular formula is C18H17NO3. The molecule has 2 N–H and O–H groups in total. The molecule has 2 saturated carbocycles. The van der Waals surface area contributed by atoms with Crippen LogP contribution in [0.15, 0.2) is 36.4 Å². The Kier molecular flexibility index (Phi) is 2.76. The molecule has 2 fully saturated rings. The van der Waals surface area contributed by atoms with Gasteiger partial charge in [0.05, 0.1) is 5.56 Å². The summed E-state index contributed by atoms with van der Waals surface area (Å²) in [6, 6.07) is 10.7. The minimum atomic E-state index is -0.941. The minimum absolute atomic E-state index is 0.0296. The van der Waals surface area contributed by atoms with Gasteiger partial charge in [-0.25, -0.2) is 4.79 Å². The topological polar surface area (TPSA) is 66.4 Å². The van der Waals surface area contributed by atoms with E-state index in [9.17, 15) is 9.59 Å². The van der Waals surface area contributed by atoms with E-state index in [1.54, 1.807) is 24.3 Å². The van der Waals surface area contributed by atoms with Crippen LogP contribution in [-0.4, -0.2) is 23.0 Å². The molecule has 0 bridgehead atoms. The zero-order chi connectivity index (χ0) is 15.3. The average Bonchev–Trinajstić information content (AvgIpc) is 3.20. The first kappa shape index (κ1) is 13.3. The van der Waals surface area contributed by atoms with Crippen LogP contribution in [0.25, 0.3) is 10.8 Å². The number of fused-ring (bicyclic) bond motifs is 1. The third kappa shape index (κ3) is 2.06. The molecule has 112 valence electrons. The molecule has 22 heavy (non-hydrogen) atoms. The molecular weight excluding hydrogens is 278 g/mol. The van der Waals surface area contributed by atoms with Gasteiger partial charge in [0.2, 0.25) is 0 Å². The van der Waals surface area contributed by atoms with Crippen LogP contribution in [0.1, 0.15) is 46.4 Å². The van der Waals surface area contributed by atoms with Gasteiger partial charge in [0, 0.05) is 11.6 Å². The van der Waals surface area contributed by atoms with Gasteiger partial charge in [-0.3, -0.25) is 4.79 Å². The molecule has 0 saturated heterocycles. The lowest BCUT2D eigenvalue weighted by molar-refractivity contribution is 0.0696. The Labute approximate surface area is 128 Å². The summed E-state index contributed by atoms with van der Waals surface area (Å²) < 4.78 is 0. The highest BCUT2D eigenvalue weighted by atomic mass is 16.4. The smallest absolute Gasteiger partial charge is 0.335 e. The highest BCUT2D eigenvalue weighted by Crippen LogP contribution is 2.60. The van der Waals surface area contributed by atoms with E-state index in [1.165, 1.54) is 19.3 Å². The molecule has 1 atom stereocenters. The first-order valence-corrected chi connectivity index (χ1v) is 7.65. The second kappa shape index (κ2) is 4.57. The SMILES string of the molecule is O=C(O)c1ccc2cc(C(=O)NC3CC34CCC4)ccc2c1. The van der Waals surface area contributed by atoms with Gasteiger partial charge < -0.3 is 10.4 Å². The number of aromatic carboxylic acids is 1. The van der Waals surface area contributed by atoms with Crippen LogP contribution in [-0.2, 0) is 0 Å². The van der Waals surface area contributed by atoms with Crippen LogP contribution in [0.5, 0.6) is 0 Å². The van der Waals surface area contributed by atoms with Crippen molar-refractivity contribution in [3.05, 3.63) is 47.5 Å². The van der Waals surface area contributed by atoms with E-state index in [0.717, 1.165) is 17.2 Å². The van der Waals surface area contributed by atoms with E-state index in [2.05, 4.69) is 5.32 Å². The minimum Gasteiger partial charge on any atom is -0.478 e. The lowest BCUT2D eigenvalue weighted by atomic mass is 9.81. The lowest BCUT2D eigenvalue weighted by Gasteiger charge is -2.26. The number of hydrogen-bond donors (Lipinski definition) is 2. The zero-order valence-electron chi connectivity index (χ0n) is 12.1. The van der Waals surface area contributed by atoms with Gasteiger partial charge >= 0.3 is 5.97 Å². The lowest BCUT2D eigenvalue weighted by Crippen LogP contribution is -2.32. The summed E-state index contributed by atoms with van der Waals surface area (Å²) in [5.74, 6) is -0.971. The van der Waals surface area contributed by atoms with Crippen molar-refractivity contribution >= 4 is 22.6 Å². The second-order valence-electron chi connectivity index (χ2n) is 6.53. The third-order valence-corrected chi connectivity index (χ3v) is 5.19. The van der Waals surface area contributed by atoms with Crippen molar-refractivity contribution in [2.45, 2.75) is 31.7 Å². The van der Waals surface area contributed by atoms with E-state index < -0.39 is 5.97 Å². The van der Waals surface area contributed by atoms with Crippen molar-refractivity contribution in [1.82, 2.24) is 5.32 Å². The Hall–Kier alpha value is -2.36. The average molecular weight is 295 g/mol. The maximum absolute atomic E-state index is 12.3. The van der Waals surface area contributed by atoms with Gasteiger partial charge in [-0.05, 0) is 59.7 Å². The summed E-state index contributed by atoms with van der Waals surface area (Å²) in [7, 11) is 0. The van der Waals surface area contributed by atoms with Crippen LogP contribution in [0, 0.1) is 5.41 Å². The predicted molar refractivity (Wildman–Crippen MR) is 83.1 cm³/mol. The summed E-state index contributed by atoms with van der Waals surface area (Å²) >= 11 is 0. The number of nitrogens with one attached hydrogen (secondary N) is 1. The molecule has 0 aliphatic heterocycles. The van der Waals surface area contributed by atoms with Crippen molar-refractivity contribution in [3.63, 3.8) is 0 Å². The number of benzene rings is 2. The number of amides is 1. The fraction of sp³-hybridized carbons (Fsp3) is 0.333. The van der Waals surface area contributed by atoms with Gasteiger partial charge in [0.15, 0.2) is 0 Å². The molecule has 4 nitrogen and oxygen atoms in total. The van der Waals surface area contributed by atoms with Gasteiger partial charge in [0.1, 0.15) is 0 Å². The van der Waals surface area contributed by atoms with E-state index >= 15 is 0 Å². The van der Waals surface area contributed by atoms with Gasteiger partial charge in [-0.15, -0.1) is 0 Å². The number of hydrogen-bond acceptors (Lipinski definition) is 2. The normalized spacial score (nSPS) is 21.4. The molecule has 0 aromatic heterocycles. The van der Waals surface area contributed by atoms with Crippen LogP contribution < -0.4 is 5.32 Å². The second-order valence-corrected chi connectivity index (χ2v) is 6.53. The molecule has 2 aromatic rings. The molecule has 4 heteroatoms. The van der Waals surface area contributed by atoms with Gasteiger partial charge in [-0.1, -0.05) is 18.6 Å². The largest absolute Gasteiger partial charge is 0.478 e. The molecule has 0 radical (unpaired) electrons. The summed E-state index contributed by atoms with van der Waals surface area (Å²) in [6.45, 7) is 0. The van der Waals surface area contributed by atoms with E-state index in [1.807, 2.05) is 12.1 Å². The fourth-order valence-electron chi connectivity index (χ4n) is 3.50. The van der Waals surface area contributed by atoms with E-state index in [0.29, 0.717) is 17.0 Å². The number of carboxylic acids is 1. The first-order chi connectivity index (χ1) is 10.6. The summed E-state index contributed by atoms with van der Waals surface area (Å²) in [5, 5.41) is 13.8. The maximum atomic E-state index is 12.3. The van der Waals surface area contributed by atoms with Crippen molar-refractivity contribution in [2.75, 3.05) is 0 Å². The molecule has 2 aliphatic carbocycles. The highest BCUT2D eigenvalue weighted by Gasteiger charge is 2.58. The quantitative estimate of drug-likeness (QED) is 0.913. The Morgan fingerprint density at radius 1 is 1.05 bits per heavy atom. The Morgan fingerprint density at radius 2 is 1.68 bits per heavy atom. The molecule has 0 heterocycles. The van der Waals surface area contributed by atoms with Gasteiger partial charge in [0.25, 0.3) is 5.91 Å². The number of carbonyl (C=O) groups excluding carboxylic acids is 1. The predicted octanol–water partition coefficient (Wildman–Crippen LogP) is 3.21. The Bertz CT molecular complexity index is 792. The molecule has 2 aliphatic rings. The molecule has 1 unspecified atom stereocenters. The molecule has 1 amide bonds. The summed E-state index contributed by atoms with van der Waals surface area (Å²) in [5.41, 5.74) is 1.31. The van der Waals surface area contributed by atoms with E-state index in [4.69, 9.17) is 5.11 Å². The Balaban J connectivity index is 1.55. The highest BCUT2D eigenvalue weighted by molar-refractivity contribution is 6.00. The Morgan fingerprint density at radius 3 is 2.23 bits per heavy atom. The van der Waals surface area contributed by atoms with Crippen molar-refractivity contribution in [1.29, 1.82) is 0 Å². The summed E-state index contributed by atoms with van der Waals surface area (Å²) in [6.07, 6.45) is 4.89. The standard InChI is InChI=1S/C18H17NO3/c20-16(19-15-10-18(15)6-1-7-18)13-4-2-12-9-14(17(21)22)5-3-11(12)8-13/h2-5,8-9,15H,1,6-7,10H2,(H,19,20)(H,21,22). The van der Waals surface area contributed by atoms with Gasteiger partial charge in [-0.2, -0.15) is 0 Å². The van der Waals surface area contributed by atoms with Crippen LogP contribution >= 0.6 is 0 Å². The van der Waals surface area contributed by atoms with Crippen LogP contribution in [0.3, 0.4) is 0 Å². The number of rotatable bonds is 3. The van der Waals surface area contributed by atoms with Crippen LogP contribution in [0.4, 0.5) is 0 Å². The van der Waals surface area contributed by atoms with Crippen LogP contribution in [0.2, 0.25) is 0 Å². The molecule has 1 spiro atoms. The number of carbonyl (C=O) groups is 2. The zero-order valence-corrected chi connectivity index (χ0v) is 12.1. The van der Waals surface area contributed by atoms with E-state index in [-0.39, 0.29) is 11.5 Å². The van der Waals surface area contributed by atoms with Crippen molar-refractivity contribution < 1.29 is 14.7 Å². The summed E-state index contributed by atoms with van der Waals surface area (Å²) in [4.78, 5) is 23.3. The third-order valence-electron chi connectivity index (χ3n) is 5.19. The molecule has 4 rings (SSSR count).